The van der Waals surface area contributed by atoms with Gasteiger partial charge in [-0.25, -0.2) is 0 Å². The van der Waals surface area contributed by atoms with E-state index in [4.69, 9.17) is 10.5 Å². The lowest BCUT2D eigenvalue weighted by molar-refractivity contribution is -0.0248. The van der Waals surface area contributed by atoms with E-state index in [0.29, 0.717) is 22.4 Å². The van der Waals surface area contributed by atoms with Crippen LogP contribution >= 0.6 is 0 Å². The maximum absolute atomic E-state index is 12.2. The number of hydrogen-bond donors (Lipinski definition) is 2. The zero-order valence-corrected chi connectivity index (χ0v) is 10.4. The predicted octanol–water partition coefficient (Wildman–Crippen LogP) is 0.323. The first-order valence-electron chi connectivity index (χ1n) is 6.07. The van der Waals surface area contributed by atoms with Crippen LogP contribution in [0.5, 0.6) is 5.75 Å². The summed E-state index contributed by atoms with van der Waals surface area (Å²) in [5.41, 5.74) is 7.29. The highest BCUT2D eigenvalue weighted by atomic mass is 16.5. The van der Waals surface area contributed by atoms with Crippen LogP contribution in [-0.4, -0.2) is 44.1 Å². The van der Waals surface area contributed by atoms with Crippen molar-refractivity contribution in [1.29, 1.82) is 0 Å². The number of carbonyl (C=O) groups is 1. The Labute approximate surface area is 106 Å². The molecule has 3 rings (SSSR count). The summed E-state index contributed by atoms with van der Waals surface area (Å²) in [5.74, 6) is 0.618. The number of carbonyl (C=O) groups excluding carboxylic acids is 1. The minimum atomic E-state index is 0.0609. The lowest BCUT2D eigenvalue weighted by Crippen LogP contribution is -2.71. The summed E-state index contributed by atoms with van der Waals surface area (Å²) in [6.45, 7) is 3.76. The molecule has 1 aromatic rings. The highest BCUT2D eigenvalue weighted by Gasteiger charge is 2.49. The second kappa shape index (κ2) is 3.88. The average molecular weight is 247 g/mol. The first-order chi connectivity index (χ1) is 8.63. The first-order valence-corrected chi connectivity index (χ1v) is 6.07. The fraction of sp³-hybridized carbons (Fsp3) is 0.462. The Balaban J connectivity index is 1.73. The van der Waals surface area contributed by atoms with Crippen LogP contribution in [0.4, 0.5) is 5.69 Å². The monoisotopic (exact) mass is 247 g/mol. The van der Waals surface area contributed by atoms with E-state index in [9.17, 15) is 4.79 Å². The zero-order valence-electron chi connectivity index (χ0n) is 10.4. The highest BCUT2D eigenvalue weighted by molar-refractivity contribution is 5.96. The molecule has 0 atom stereocenters. The maximum Gasteiger partial charge on any atom is 0.254 e. The lowest BCUT2D eigenvalue weighted by atomic mass is 9.74. The lowest BCUT2D eigenvalue weighted by Gasteiger charge is -2.56. The normalized spacial score (nSPS) is 20.2. The summed E-state index contributed by atoms with van der Waals surface area (Å²) in [7, 11) is 1.55. The Morgan fingerprint density at radius 2 is 2.17 bits per heavy atom. The third-order valence-corrected chi connectivity index (χ3v) is 3.82. The standard InChI is InChI=1S/C13H17N3O2/c1-18-11-4-9(2-3-10(11)14)12(17)16-7-13(8-16)5-15-6-13/h2-4,15H,5-8,14H2,1H3. The fourth-order valence-electron chi connectivity index (χ4n) is 2.64. The van der Waals surface area contributed by atoms with E-state index in [-0.39, 0.29) is 5.91 Å². The van der Waals surface area contributed by atoms with E-state index >= 15 is 0 Å². The first kappa shape index (κ1) is 11.3. The Hall–Kier alpha value is -1.75. The van der Waals surface area contributed by atoms with Crippen LogP contribution in [0, 0.1) is 5.41 Å². The molecule has 0 saturated carbocycles. The summed E-state index contributed by atoms with van der Waals surface area (Å²) in [6.07, 6.45) is 0. The molecular weight excluding hydrogens is 230 g/mol. The van der Waals surface area contributed by atoms with Gasteiger partial charge in [-0.15, -0.1) is 0 Å². The third kappa shape index (κ3) is 1.62. The number of methoxy groups -OCH3 is 1. The van der Waals surface area contributed by atoms with Gasteiger partial charge in [0, 0.05) is 37.2 Å². The smallest absolute Gasteiger partial charge is 0.254 e. The molecule has 2 aliphatic heterocycles. The van der Waals surface area contributed by atoms with E-state index in [1.807, 2.05) is 4.90 Å². The summed E-state index contributed by atoms with van der Waals surface area (Å²) >= 11 is 0. The summed E-state index contributed by atoms with van der Waals surface area (Å²) in [6, 6.07) is 5.18. The Morgan fingerprint density at radius 3 is 2.72 bits per heavy atom. The summed E-state index contributed by atoms with van der Waals surface area (Å²) < 4.78 is 5.13. The topological polar surface area (TPSA) is 67.6 Å². The molecule has 1 amide bonds. The molecule has 5 nitrogen and oxygen atoms in total. The molecule has 0 unspecified atom stereocenters. The number of nitrogen functional groups attached to an aromatic ring is 1. The van der Waals surface area contributed by atoms with Crippen LogP contribution in [-0.2, 0) is 0 Å². The number of nitrogens with two attached hydrogens (primary N) is 1. The van der Waals surface area contributed by atoms with Crippen molar-refractivity contribution < 1.29 is 9.53 Å². The number of ether oxygens (including phenoxy) is 1. The Bertz CT molecular complexity index is 489. The third-order valence-electron chi connectivity index (χ3n) is 3.82. The number of anilines is 1. The van der Waals surface area contributed by atoms with Crippen molar-refractivity contribution in [1.82, 2.24) is 10.2 Å². The van der Waals surface area contributed by atoms with E-state index in [1.165, 1.54) is 0 Å². The number of rotatable bonds is 2. The molecule has 18 heavy (non-hydrogen) atoms. The van der Waals surface area contributed by atoms with Crippen LogP contribution in [0.25, 0.3) is 0 Å². The van der Waals surface area contributed by atoms with Crippen molar-refractivity contribution in [2.45, 2.75) is 0 Å². The number of benzene rings is 1. The minimum absolute atomic E-state index is 0.0609. The van der Waals surface area contributed by atoms with Gasteiger partial charge in [-0.3, -0.25) is 4.79 Å². The van der Waals surface area contributed by atoms with Crippen molar-refractivity contribution in [3.8, 4) is 5.75 Å². The number of hydrogen-bond acceptors (Lipinski definition) is 4. The van der Waals surface area contributed by atoms with Crippen LogP contribution in [0.1, 0.15) is 10.4 Å². The number of likely N-dealkylation sites (tertiary alicyclic amines) is 1. The van der Waals surface area contributed by atoms with Crippen LogP contribution in [0.2, 0.25) is 0 Å². The van der Waals surface area contributed by atoms with Crippen LogP contribution < -0.4 is 15.8 Å². The second-order valence-corrected chi connectivity index (χ2v) is 5.22. The van der Waals surface area contributed by atoms with Crippen molar-refractivity contribution in [2.75, 3.05) is 39.0 Å². The molecule has 2 aliphatic rings. The van der Waals surface area contributed by atoms with Crippen molar-refractivity contribution in [3.05, 3.63) is 23.8 Å². The molecule has 2 heterocycles. The van der Waals surface area contributed by atoms with Gasteiger partial charge in [0.1, 0.15) is 5.75 Å². The molecule has 3 N–H and O–H groups in total. The zero-order chi connectivity index (χ0) is 12.8. The highest BCUT2D eigenvalue weighted by Crippen LogP contribution is 2.35. The molecule has 2 saturated heterocycles. The van der Waals surface area contributed by atoms with Gasteiger partial charge in [0.05, 0.1) is 12.8 Å². The second-order valence-electron chi connectivity index (χ2n) is 5.22. The molecule has 0 radical (unpaired) electrons. The number of nitrogens with one attached hydrogen (secondary N) is 1. The van der Waals surface area contributed by atoms with Crippen molar-refractivity contribution in [2.24, 2.45) is 5.41 Å². The fourth-order valence-corrected chi connectivity index (χ4v) is 2.64. The Morgan fingerprint density at radius 1 is 1.44 bits per heavy atom. The molecule has 1 spiro atoms. The minimum Gasteiger partial charge on any atom is -0.495 e. The molecule has 0 bridgehead atoms. The summed E-state index contributed by atoms with van der Waals surface area (Å²) in [5, 5.41) is 3.25. The van der Waals surface area contributed by atoms with Crippen molar-refractivity contribution >= 4 is 11.6 Å². The predicted molar refractivity (Wildman–Crippen MR) is 68.6 cm³/mol. The average Bonchev–Trinajstić information content (AvgIpc) is 2.25. The number of amides is 1. The maximum atomic E-state index is 12.2. The van der Waals surface area contributed by atoms with Crippen LogP contribution in [0.3, 0.4) is 0 Å². The van der Waals surface area contributed by atoms with Crippen LogP contribution in [0.15, 0.2) is 18.2 Å². The van der Waals surface area contributed by atoms with Gasteiger partial charge in [-0.05, 0) is 18.2 Å². The Kier molecular flexibility index (Phi) is 2.45. The molecule has 0 aliphatic carbocycles. The summed E-state index contributed by atoms with van der Waals surface area (Å²) in [4.78, 5) is 14.1. The molecule has 1 aromatic carbocycles. The molecule has 2 fully saturated rings. The van der Waals surface area contributed by atoms with Gasteiger partial charge in [0.25, 0.3) is 5.91 Å². The van der Waals surface area contributed by atoms with Gasteiger partial charge < -0.3 is 20.7 Å². The van der Waals surface area contributed by atoms with E-state index in [2.05, 4.69) is 5.32 Å². The molecule has 0 aromatic heterocycles. The van der Waals surface area contributed by atoms with E-state index in [0.717, 1.165) is 26.2 Å². The SMILES string of the molecule is COc1cc(C(=O)N2CC3(CNC3)C2)ccc1N. The van der Waals surface area contributed by atoms with E-state index in [1.54, 1.807) is 25.3 Å². The van der Waals surface area contributed by atoms with Crippen molar-refractivity contribution in [3.63, 3.8) is 0 Å². The molecule has 5 heteroatoms. The quantitative estimate of drug-likeness (QED) is 0.739. The van der Waals surface area contributed by atoms with E-state index < -0.39 is 0 Å². The molecular formula is C13H17N3O2. The van der Waals surface area contributed by atoms with Gasteiger partial charge >= 0.3 is 0 Å². The molecule has 96 valence electrons. The largest absolute Gasteiger partial charge is 0.495 e. The van der Waals surface area contributed by atoms with Gasteiger partial charge in [0.2, 0.25) is 0 Å². The van der Waals surface area contributed by atoms with Gasteiger partial charge in [-0.1, -0.05) is 0 Å². The van der Waals surface area contributed by atoms with Gasteiger partial charge in [0.15, 0.2) is 0 Å². The number of nitrogens with zero attached hydrogens (tertiary/aromatic N) is 1. The van der Waals surface area contributed by atoms with Gasteiger partial charge in [-0.2, -0.15) is 0 Å².